The average molecular weight is 259 g/mol. The number of nitrogens with one attached hydrogen (secondary N) is 1. The number of nitrogens with zero attached hydrogens (tertiary/aromatic N) is 2. The van der Waals surface area contributed by atoms with Gasteiger partial charge in [0.05, 0.1) is 0 Å². The Hall–Kier alpha value is -1.88. The maximum absolute atomic E-state index is 5.33. The van der Waals surface area contributed by atoms with Gasteiger partial charge < -0.3 is 8.98 Å². The summed E-state index contributed by atoms with van der Waals surface area (Å²) < 4.78 is 7.56. The summed E-state index contributed by atoms with van der Waals surface area (Å²) in [6.07, 6.45) is 2.10. The van der Waals surface area contributed by atoms with Crippen LogP contribution in [0.3, 0.4) is 0 Å². The molecule has 92 valence electrons. The van der Waals surface area contributed by atoms with E-state index in [2.05, 4.69) is 53.0 Å². The molecule has 0 aliphatic carbocycles. The van der Waals surface area contributed by atoms with Crippen LogP contribution in [0, 0.1) is 4.84 Å². The van der Waals surface area contributed by atoms with Crippen LogP contribution in [0.5, 0.6) is 0 Å². The Morgan fingerprint density at radius 2 is 2.17 bits per heavy atom. The number of benzene rings is 1. The van der Waals surface area contributed by atoms with Gasteiger partial charge in [-0.25, -0.2) is 5.10 Å². The molecule has 0 fully saturated rings. The number of aromatic amines is 1. The highest BCUT2D eigenvalue weighted by atomic mass is 32.1. The van der Waals surface area contributed by atoms with Crippen molar-refractivity contribution in [1.82, 2.24) is 14.8 Å². The van der Waals surface area contributed by atoms with Gasteiger partial charge in [0, 0.05) is 23.3 Å². The Morgan fingerprint density at radius 3 is 2.83 bits per heavy atom. The van der Waals surface area contributed by atoms with Crippen molar-refractivity contribution in [3.8, 4) is 11.5 Å². The van der Waals surface area contributed by atoms with Gasteiger partial charge in [0.1, 0.15) is 0 Å². The smallest absolute Gasteiger partial charge is 0.284 e. The first kappa shape index (κ1) is 11.2. The minimum absolute atomic E-state index is 0.296. The highest BCUT2D eigenvalue weighted by Crippen LogP contribution is 2.25. The van der Waals surface area contributed by atoms with E-state index < -0.39 is 0 Å². The molecule has 2 aromatic heterocycles. The summed E-state index contributed by atoms with van der Waals surface area (Å²) in [5, 5.41) is 7.89. The summed E-state index contributed by atoms with van der Waals surface area (Å²) in [5.41, 5.74) is 2.10. The van der Waals surface area contributed by atoms with E-state index in [1.54, 1.807) is 0 Å². The SMILES string of the molecule is CC(C)n1ccc2ccc(-c3n[nH]c(=S)o3)cc21. The lowest BCUT2D eigenvalue weighted by molar-refractivity contribution is 0.552. The van der Waals surface area contributed by atoms with E-state index in [1.807, 2.05) is 6.07 Å². The van der Waals surface area contributed by atoms with Crippen molar-refractivity contribution in [3.05, 3.63) is 35.3 Å². The van der Waals surface area contributed by atoms with E-state index in [-0.39, 0.29) is 0 Å². The van der Waals surface area contributed by atoms with Gasteiger partial charge in [-0.05, 0) is 49.7 Å². The second-order valence-electron chi connectivity index (χ2n) is 4.51. The lowest BCUT2D eigenvalue weighted by Crippen LogP contribution is -1.97. The van der Waals surface area contributed by atoms with Crippen LogP contribution in [0.15, 0.2) is 34.9 Å². The third kappa shape index (κ3) is 1.76. The molecule has 0 amide bonds. The van der Waals surface area contributed by atoms with E-state index in [0.29, 0.717) is 16.8 Å². The molecule has 1 N–H and O–H groups in total. The zero-order valence-electron chi connectivity index (χ0n) is 10.2. The van der Waals surface area contributed by atoms with Crippen LogP contribution < -0.4 is 0 Å². The van der Waals surface area contributed by atoms with Crippen LogP contribution >= 0.6 is 12.2 Å². The minimum atomic E-state index is 0.296. The Labute approximate surface area is 109 Å². The topological polar surface area (TPSA) is 46.8 Å². The van der Waals surface area contributed by atoms with Crippen molar-refractivity contribution in [1.29, 1.82) is 0 Å². The monoisotopic (exact) mass is 259 g/mol. The van der Waals surface area contributed by atoms with Crippen LogP contribution in [0.4, 0.5) is 0 Å². The Kier molecular flexibility index (Phi) is 2.56. The fourth-order valence-corrected chi connectivity index (χ4v) is 2.21. The van der Waals surface area contributed by atoms with Crippen molar-refractivity contribution < 1.29 is 4.42 Å². The van der Waals surface area contributed by atoms with Crippen LogP contribution in [0.1, 0.15) is 19.9 Å². The molecule has 0 spiro atoms. The molecule has 3 rings (SSSR count). The van der Waals surface area contributed by atoms with Crippen LogP contribution in [0.25, 0.3) is 22.4 Å². The zero-order valence-corrected chi connectivity index (χ0v) is 11.0. The summed E-state index contributed by atoms with van der Waals surface area (Å²) >= 11 is 4.89. The number of fused-ring (bicyclic) bond motifs is 1. The van der Waals surface area contributed by atoms with E-state index in [1.165, 1.54) is 10.9 Å². The largest absolute Gasteiger partial charge is 0.409 e. The fraction of sp³-hybridized carbons (Fsp3) is 0.231. The van der Waals surface area contributed by atoms with Gasteiger partial charge in [-0.15, -0.1) is 5.10 Å². The van der Waals surface area contributed by atoms with Gasteiger partial charge in [0.25, 0.3) is 4.84 Å². The van der Waals surface area contributed by atoms with Crippen LogP contribution in [-0.2, 0) is 0 Å². The van der Waals surface area contributed by atoms with Crippen molar-refractivity contribution >= 4 is 23.1 Å². The molecule has 0 aliphatic rings. The van der Waals surface area contributed by atoms with Crippen molar-refractivity contribution in [2.45, 2.75) is 19.9 Å². The van der Waals surface area contributed by atoms with Crippen molar-refractivity contribution in [2.24, 2.45) is 0 Å². The molecule has 4 nitrogen and oxygen atoms in total. The normalized spacial score (nSPS) is 11.5. The lowest BCUT2D eigenvalue weighted by Gasteiger charge is -2.09. The summed E-state index contributed by atoms with van der Waals surface area (Å²) in [4.78, 5) is 0.296. The highest BCUT2D eigenvalue weighted by molar-refractivity contribution is 7.71. The first-order valence-corrected chi connectivity index (χ1v) is 6.22. The number of hydrogen-bond acceptors (Lipinski definition) is 3. The summed E-state index contributed by atoms with van der Waals surface area (Å²) in [6.45, 7) is 4.32. The lowest BCUT2D eigenvalue weighted by atomic mass is 10.1. The first-order chi connectivity index (χ1) is 8.65. The van der Waals surface area contributed by atoms with Crippen LogP contribution in [0.2, 0.25) is 0 Å². The standard InChI is InChI=1S/C13H13N3OS/c1-8(2)16-6-5-9-3-4-10(7-11(9)16)12-14-15-13(18)17-12/h3-8H,1-2H3,(H,15,18). The average Bonchev–Trinajstić information content (AvgIpc) is 2.93. The molecular formula is C13H13N3OS. The Morgan fingerprint density at radius 1 is 1.33 bits per heavy atom. The molecular weight excluding hydrogens is 246 g/mol. The second kappa shape index (κ2) is 4.10. The molecule has 0 atom stereocenters. The van der Waals surface area contributed by atoms with E-state index in [0.717, 1.165) is 5.56 Å². The molecule has 5 heteroatoms. The fourth-order valence-electron chi connectivity index (χ4n) is 2.09. The molecule has 0 unspecified atom stereocenters. The number of rotatable bonds is 2. The van der Waals surface area contributed by atoms with Gasteiger partial charge >= 0.3 is 0 Å². The highest BCUT2D eigenvalue weighted by Gasteiger charge is 2.08. The molecule has 0 aliphatic heterocycles. The molecule has 3 aromatic rings. The third-order valence-corrected chi connectivity index (χ3v) is 3.14. The van der Waals surface area contributed by atoms with E-state index in [9.17, 15) is 0 Å². The second-order valence-corrected chi connectivity index (χ2v) is 4.88. The predicted octanol–water partition coefficient (Wildman–Crippen LogP) is 3.93. The van der Waals surface area contributed by atoms with Gasteiger partial charge in [0.2, 0.25) is 5.89 Å². The first-order valence-electron chi connectivity index (χ1n) is 5.81. The Balaban J connectivity index is 2.20. The maximum atomic E-state index is 5.33. The molecule has 1 aromatic carbocycles. The quantitative estimate of drug-likeness (QED) is 0.709. The van der Waals surface area contributed by atoms with Gasteiger partial charge in [-0.2, -0.15) is 0 Å². The third-order valence-electron chi connectivity index (χ3n) is 2.96. The van der Waals surface area contributed by atoms with Crippen LogP contribution in [-0.4, -0.2) is 14.8 Å². The van der Waals surface area contributed by atoms with Crippen molar-refractivity contribution in [3.63, 3.8) is 0 Å². The summed E-state index contributed by atoms with van der Waals surface area (Å²) in [5.74, 6) is 0.526. The molecule has 0 saturated heterocycles. The predicted molar refractivity (Wildman–Crippen MR) is 73.0 cm³/mol. The zero-order chi connectivity index (χ0) is 12.7. The molecule has 18 heavy (non-hydrogen) atoms. The van der Waals surface area contributed by atoms with E-state index >= 15 is 0 Å². The Bertz CT molecular complexity index is 751. The molecule has 0 saturated carbocycles. The summed E-state index contributed by atoms with van der Waals surface area (Å²) in [7, 11) is 0. The number of aromatic nitrogens is 3. The molecule has 0 bridgehead atoms. The summed E-state index contributed by atoms with van der Waals surface area (Å²) in [6, 6.07) is 8.66. The van der Waals surface area contributed by atoms with Crippen molar-refractivity contribution in [2.75, 3.05) is 0 Å². The van der Waals surface area contributed by atoms with Gasteiger partial charge in [-0.1, -0.05) is 6.07 Å². The minimum Gasteiger partial charge on any atom is -0.409 e. The van der Waals surface area contributed by atoms with Gasteiger partial charge in [-0.3, -0.25) is 0 Å². The number of hydrogen-bond donors (Lipinski definition) is 1. The number of H-pyrrole nitrogens is 1. The van der Waals surface area contributed by atoms with E-state index in [4.69, 9.17) is 16.6 Å². The molecule has 0 radical (unpaired) electrons. The maximum Gasteiger partial charge on any atom is 0.284 e. The van der Waals surface area contributed by atoms with Gasteiger partial charge in [0.15, 0.2) is 0 Å². The molecule has 2 heterocycles.